The number of allylic oxidation sites excluding steroid dienone is 1. The van der Waals surface area contributed by atoms with Crippen molar-refractivity contribution in [2.75, 3.05) is 0 Å². The second kappa shape index (κ2) is 6.90. The predicted molar refractivity (Wildman–Crippen MR) is 90.9 cm³/mol. The standard InChI is InChI=1S/C19H21Br/c1-3-19(2,14-13-16-7-5-4-6-8-16)15-17-9-11-18(20)12-10-17/h3-12H,1,13-15H2,2H3. The molecule has 1 unspecified atom stereocenters. The van der Waals surface area contributed by atoms with Crippen molar-refractivity contribution in [2.45, 2.75) is 26.2 Å². The van der Waals surface area contributed by atoms with Crippen LogP contribution in [0.4, 0.5) is 0 Å². The highest BCUT2D eigenvalue weighted by Crippen LogP contribution is 2.30. The van der Waals surface area contributed by atoms with Crippen LogP contribution in [0.5, 0.6) is 0 Å². The molecule has 2 aromatic rings. The van der Waals surface area contributed by atoms with Crippen molar-refractivity contribution >= 4 is 15.9 Å². The van der Waals surface area contributed by atoms with Gasteiger partial charge in [0.2, 0.25) is 0 Å². The Morgan fingerprint density at radius 2 is 1.65 bits per heavy atom. The maximum absolute atomic E-state index is 4.05. The van der Waals surface area contributed by atoms with Crippen molar-refractivity contribution in [2.24, 2.45) is 5.41 Å². The van der Waals surface area contributed by atoms with Crippen molar-refractivity contribution in [1.82, 2.24) is 0 Å². The topological polar surface area (TPSA) is 0 Å². The summed E-state index contributed by atoms with van der Waals surface area (Å²) < 4.78 is 1.13. The third-order valence-corrected chi connectivity index (χ3v) is 4.37. The van der Waals surface area contributed by atoms with Crippen molar-refractivity contribution in [3.05, 3.63) is 82.9 Å². The molecular formula is C19H21Br. The summed E-state index contributed by atoms with van der Waals surface area (Å²) in [7, 11) is 0. The van der Waals surface area contributed by atoms with Gasteiger partial charge in [0.15, 0.2) is 0 Å². The van der Waals surface area contributed by atoms with E-state index >= 15 is 0 Å². The molecule has 1 heteroatoms. The van der Waals surface area contributed by atoms with Crippen LogP contribution in [0, 0.1) is 5.41 Å². The van der Waals surface area contributed by atoms with Crippen LogP contribution < -0.4 is 0 Å². The Bertz CT molecular complexity index is 542. The van der Waals surface area contributed by atoms with Crippen LogP contribution in [0.15, 0.2) is 71.7 Å². The fraction of sp³-hybridized carbons (Fsp3) is 0.263. The second-order valence-corrected chi connectivity index (χ2v) is 6.56. The molecule has 0 aliphatic carbocycles. The number of benzene rings is 2. The Labute approximate surface area is 130 Å². The highest BCUT2D eigenvalue weighted by atomic mass is 79.9. The van der Waals surface area contributed by atoms with Crippen molar-refractivity contribution in [3.63, 3.8) is 0 Å². The molecule has 0 bridgehead atoms. The first-order valence-electron chi connectivity index (χ1n) is 7.03. The summed E-state index contributed by atoms with van der Waals surface area (Å²) >= 11 is 3.48. The van der Waals surface area contributed by atoms with E-state index in [2.05, 4.69) is 90.1 Å². The average molecular weight is 329 g/mol. The van der Waals surface area contributed by atoms with Gasteiger partial charge in [-0.25, -0.2) is 0 Å². The molecule has 20 heavy (non-hydrogen) atoms. The number of rotatable bonds is 6. The Kier molecular flexibility index (Phi) is 5.19. The summed E-state index contributed by atoms with van der Waals surface area (Å²) in [5.41, 5.74) is 2.91. The smallest absolute Gasteiger partial charge is 0.0175 e. The molecule has 2 rings (SSSR count). The third kappa shape index (κ3) is 4.35. The van der Waals surface area contributed by atoms with Crippen molar-refractivity contribution in [3.8, 4) is 0 Å². The average Bonchev–Trinajstić information content (AvgIpc) is 2.49. The first kappa shape index (κ1) is 15.1. The molecule has 0 saturated heterocycles. The molecule has 104 valence electrons. The molecule has 0 aromatic heterocycles. The lowest BCUT2D eigenvalue weighted by molar-refractivity contribution is 0.390. The van der Waals surface area contributed by atoms with Crippen LogP contribution in [-0.2, 0) is 12.8 Å². The highest BCUT2D eigenvalue weighted by molar-refractivity contribution is 9.10. The van der Waals surface area contributed by atoms with Gasteiger partial charge in [-0.05, 0) is 47.9 Å². The van der Waals surface area contributed by atoms with E-state index in [1.807, 2.05) is 0 Å². The lowest BCUT2D eigenvalue weighted by Gasteiger charge is -2.26. The van der Waals surface area contributed by atoms with Gasteiger partial charge in [0, 0.05) is 4.47 Å². The molecule has 0 spiro atoms. The molecule has 0 nitrogen and oxygen atoms in total. The van der Waals surface area contributed by atoms with Gasteiger partial charge in [-0.15, -0.1) is 6.58 Å². The maximum Gasteiger partial charge on any atom is 0.0175 e. The molecule has 0 N–H and O–H groups in total. The van der Waals surface area contributed by atoms with E-state index in [-0.39, 0.29) is 5.41 Å². The predicted octanol–water partition coefficient (Wildman–Crippen LogP) is 5.82. The summed E-state index contributed by atoms with van der Waals surface area (Å²) in [6.07, 6.45) is 5.37. The first-order chi connectivity index (χ1) is 9.61. The van der Waals surface area contributed by atoms with Gasteiger partial charge >= 0.3 is 0 Å². The van der Waals surface area contributed by atoms with Crippen LogP contribution in [0.1, 0.15) is 24.5 Å². The monoisotopic (exact) mass is 328 g/mol. The molecule has 0 aliphatic heterocycles. The molecule has 0 saturated carbocycles. The van der Waals surface area contributed by atoms with Crippen LogP contribution in [0.25, 0.3) is 0 Å². The van der Waals surface area contributed by atoms with E-state index in [0.717, 1.165) is 23.7 Å². The summed E-state index contributed by atoms with van der Waals surface area (Å²) in [4.78, 5) is 0. The van der Waals surface area contributed by atoms with Gasteiger partial charge in [-0.1, -0.05) is 71.4 Å². The number of hydrogen-bond acceptors (Lipinski definition) is 0. The zero-order chi connectivity index (χ0) is 14.4. The molecule has 2 aromatic carbocycles. The summed E-state index contributed by atoms with van der Waals surface area (Å²) in [6.45, 7) is 6.35. The summed E-state index contributed by atoms with van der Waals surface area (Å²) in [5, 5.41) is 0. The minimum atomic E-state index is 0.143. The van der Waals surface area contributed by atoms with Gasteiger partial charge in [0.05, 0.1) is 0 Å². The number of aryl methyl sites for hydroxylation is 1. The van der Waals surface area contributed by atoms with E-state index in [9.17, 15) is 0 Å². The lowest BCUT2D eigenvalue weighted by Crippen LogP contribution is -2.17. The van der Waals surface area contributed by atoms with E-state index in [1.54, 1.807) is 0 Å². The largest absolute Gasteiger partial charge is 0.103 e. The normalized spacial score (nSPS) is 13.7. The SMILES string of the molecule is C=CC(C)(CCc1ccccc1)Cc1ccc(Br)cc1. The zero-order valence-electron chi connectivity index (χ0n) is 12.0. The zero-order valence-corrected chi connectivity index (χ0v) is 13.6. The highest BCUT2D eigenvalue weighted by Gasteiger charge is 2.20. The second-order valence-electron chi connectivity index (χ2n) is 5.65. The molecule has 0 amide bonds. The summed E-state index contributed by atoms with van der Waals surface area (Å²) in [5.74, 6) is 0. The van der Waals surface area contributed by atoms with E-state index in [0.29, 0.717) is 0 Å². The van der Waals surface area contributed by atoms with Crippen LogP contribution in [-0.4, -0.2) is 0 Å². The van der Waals surface area contributed by atoms with E-state index in [4.69, 9.17) is 0 Å². The van der Waals surface area contributed by atoms with Gasteiger partial charge in [-0.2, -0.15) is 0 Å². The van der Waals surface area contributed by atoms with Crippen molar-refractivity contribution < 1.29 is 0 Å². The molecule has 0 heterocycles. The Hall–Kier alpha value is -1.34. The Balaban J connectivity index is 2.01. The molecule has 1 atom stereocenters. The maximum atomic E-state index is 4.05. The van der Waals surface area contributed by atoms with Crippen LogP contribution >= 0.6 is 15.9 Å². The number of hydrogen-bond donors (Lipinski definition) is 0. The first-order valence-corrected chi connectivity index (χ1v) is 7.83. The van der Waals surface area contributed by atoms with E-state index < -0.39 is 0 Å². The van der Waals surface area contributed by atoms with Gasteiger partial charge in [-0.3, -0.25) is 0 Å². The van der Waals surface area contributed by atoms with Gasteiger partial charge < -0.3 is 0 Å². The third-order valence-electron chi connectivity index (χ3n) is 3.84. The van der Waals surface area contributed by atoms with E-state index in [1.165, 1.54) is 11.1 Å². The van der Waals surface area contributed by atoms with Crippen LogP contribution in [0.2, 0.25) is 0 Å². The van der Waals surface area contributed by atoms with Gasteiger partial charge in [0.25, 0.3) is 0 Å². The fourth-order valence-corrected chi connectivity index (χ4v) is 2.67. The lowest BCUT2D eigenvalue weighted by atomic mass is 9.79. The summed E-state index contributed by atoms with van der Waals surface area (Å²) in [6, 6.07) is 19.3. The molecular weight excluding hydrogens is 308 g/mol. The van der Waals surface area contributed by atoms with Crippen molar-refractivity contribution in [1.29, 1.82) is 0 Å². The minimum Gasteiger partial charge on any atom is -0.103 e. The quantitative estimate of drug-likeness (QED) is 0.586. The fourth-order valence-electron chi connectivity index (χ4n) is 2.41. The van der Waals surface area contributed by atoms with Gasteiger partial charge in [0.1, 0.15) is 0 Å². The van der Waals surface area contributed by atoms with Crippen LogP contribution in [0.3, 0.4) is 0 Å². The minimum absolute atomic E-state index is 0.143. The molecule has 0 aliphatic rings. The Morgan fingerprint density at radius 3 is 2.25 bits per heavy atom. The number of halogens is 1. The molecule has 0 fully saturated rings. The molecule has 0 radical (unpaired) electrons. The Morgan fingerprint density at radius 1 is 1.00 bits per heavy atom.